The molecule has 1 N–H and O–H groups in total. The predicted octanol–water partition coefficient (Wildman–Crippen LogP) is 7.94. The highest BCUT2D eigenvalue weighted by Crippen LogP contribution is 2.41. The first-order valence-electron chi connectivity index (χ1n) is 15.7. The van der Waals surface area contributed by atoms with Gasteiger partial charge in [0.2, 0.25) is 6.10 Å². The van der Waals surface area contributed by atoms with Crippen LogP contribution in [0.25, 0.3) is 0 Å². The first-order chi connectivity index (χ1) is 20.4. The van der Waals surface area contributed by atoms with Crippen LogP contribution >= 0.6 is 0 Å². The zero-order chi connectivity index (χ0) is 33.9. The fourth-order valence-electron chi connectivity index (χ4n) is 4.37. The van der Waals surface area contributed by atoms with Gasteiger partial charge in [0.25, 0.3) is 0 Å². The lowest BCUT2D eigenvalue weighted by atomic mass is 10.0. The molecule has 0 saturated carbocycles. The molecule has 0 aliphatic heterocycles. The zero-order valence-corrected chi connectivity index (χ0v) is 27.5. The molecule has 44 heavy (non-hydrogen) atoms. The molecule has 0 amide bonds. The van der Waals surface area contributed by atoms with Crippen LogP contribution in [0.5, 0.6) is 0 Å². The Hall–Kier alpha value is -1.96. The number of halogens is 4. The van der Waals surface area contributed by atoms with Crippen LogP contribution in [-0.4, -0.2) is 60.4 Å². The molecule has 0 aromatic heterocycles. The van der Waals surface area contributed by atoms with E-state index in [1.807, 2.05) is 6.92 Å². The molecule has 0 heterocycles. The number of carbonyl (C=O) groups is 3. The summed E-state index contributed by atoms with van der Waals surface area (Å²) in [7, 11) is -6.40. The molecule has 0 aromatic rings. The van der Waals surface area contributed by atoms with Gasteiger partial charge >= 0.3 is 39.2 Å². The number of ether oxygens (including phenoxy) is 3. The van der Waals surface area contributed by atoms with Gasteiger partial charge in [-0.3, -0.25) is 14.1 Å². The first-order valence-corrected chi connectivity index (χ1v) is 17.2. The van der Waals surface area contributed by atoms with Crippen LogP contribution < -0.4 is 0 Å². The molecular formula is C30H52F4O9S. The average Bonchev–Trinajstić information content (AvgIpc) is 2.92. The average molecular weight is 665 g/mol. The Morgan fingerprint density at radius 1 is 0.705 bits per heavy atom. The highest BCUT2D eigenvalue weighted by Gasteiger charge is 2.65. The summed E-state index contributed by atoms with van der Waals surface area (Å²) in [6.07, 6.45) is 9.77. The van der Waals surface area contributed by atoms with Crippen LogP contribution in [0.1, 0.15) is 143 Å². The van der Waals surface area contributed by atoms with E-state index in [0.29, 0.717) is 19.3 Å². The Morgan fingerprint density at radius 3 is 1.64 bits per heavy atom. The van der Waals surface area contributed by atoms with Crippen LogP contribution in [0.4, 0.5) is 17.6 Å². The van der Waals surface area contributed by atoms with Gasteiger partial charge in [-0.25, -0.2) is 4.79 Å². The summed E-state index contributed by atoms with van der Waals surface area (Å²) in [6, 6.07) is 0. The van der Waals surface area contributed by atoms with Gasteiger partial charge < -0.3 is 14.2 Å². The van der Waals surface area contributed by atoms with E-state index >= 15 is 0 Å². The van der Waals surface area contributed by atoms with E-state index in [9.17, 15) is 40.4 Å². The summed E-state index contributed by atoms with van der Waals surface area (Å²) in [5, 5.41) is -5.75. The van der Waals surface area contributed by atoms with Crippen molar-refractivity contribution in [3.05, 3.63) is 0 Å². The van der Waals surface area contributed by atoms with E-state index in [1.54, 1.807) is 0 Å². The lowest BCUT2D eigenvalue weighted by Gasteiger charge is -2.32. The third-order valence-corrected chi connectivity index (χ3v) is 8.02. The standard InChI is InChI=1S/C30H52F4O9S/c1-5-7-9-10-11-12-13-14-15-16-17-18-21-24(35)42-26(28(3,4)43-25(36)20-8-6-2)27(37)41-23-19-22-29(31,32)30(33,34)44(38,39)40/h26H,5-23H2,1-4H3,(H,38,39,40). The van der Waals surface area contributed by atoms with E-state index in [-0.39, 0.29) is 12.8 Å². The van der Waals surface area contributed by atoms with Gasteiger partial charge in [-0.1, -0.05) is 90.9 Å². The van der Waals surface area contributed by atoms with E-state index in [2.05, 4.69) is 6.92 Å². The summed E-state index contributed by atoms with van der Waals surface area (Å²) in [5.74, 6) is -7.85. The Bertz CT molecular complexity index is 956. The summed E-state index contributed by atoms with van der Waals surface area (Å²) in [4.78, 5) is 37.6. The topological polar surface area (TPSA) is 133 Å². The lowest BCUT2D eigenvalue weighted by molar-refractivity contribution is -0.195. The maximum atomic E-state index is 13.7. The molecule has 1 unspecified atom stereocenters. The Kier molecular flexibility index (Phi) is 20.0. The fourth-order valence-corrected chi connectivity index (χ4v) is 4.85. The number of rotatable bonds is 26. The first kappa shape index (κ1) is 42.0. The van der Waals surface area contributed by atoms with E-state index in [1.165, 1.54) is 58.8 Å². The molecule has 0 saturated heterocycles. The monoisotopic (exact) mass is 664 g/mol. The number of carbonyl (C=O) groups excluding carboxylic acids is 3. The maximum absolute atomic E-state index is 13.7. The van der Waals surface area contributed by atoms with Crippen molar-refractivity contribution in [1.82, 2.24) is 0 Å². The molecule has 260 valence electrons. The van der Waals surface area contributed by atoms with Crippen LogP contribution in [0.3, 0.4) is 0 Å². The minimum absolute atomic E-state index is 0.0298. The van der Waals surface area contributed by atoms with Gasteiger partial charge in [0, 0.05) is 19.3 Å². The zero-order valence-electron chi connectivity index (χ0n) is 26.6. The van der Waals surface area contributed by atoms with Crippen LogP contribution in [0.15, 0.2) is 0 Å². The third-order valence-electron chi connectivity index (χ3n) is 7.07. The lowest BCUT2D eigenvalue weighted by Crippen LogP contribution is -2.49. The predicted molar refractivity (Wildman–Crippen MR) is 157 cm³/mol. The highest BCUT2D eigenvalue weighted by molar-refractivity contribution is 7.87. The van der Waals surface area contributed by atoms with Crippen LogP contribution in [0, 0.1) is 0 Å². The van der Waals surface area contributed by atoms with E-state index < -0.39 is 70.4 Å². The molecule has 0 bridgehead atoms. The summed E-state index contributed by atoms with van der Waals surface area (Å²) in [6.45, 7) is 5.78. The second-order valence-electron chi connectivity index (χ2n) is 11.7. The molecule has 0 rings (SSSR count). The van der Waals surface area contributed by atoms with Crippen molar-refractivity contribution in [2.24, 2.45) is 0 Å². The quantitative estimate of drug-likeness (QED) is 0.0322. The minimum Gasteiger partial charge on any atom is -0.463 e. The van der Waals surface area contributed by atoms with Crippen LogP contribution in [-0.2, 0) is 38.7 Å². The third kappa shape index (κ3) is 16.4. The van der Waals surface area contributed by atoms with Crippen molar-refractivity contribution in [2.45, 2.75) is 166 Å². The molecule has 0 aromatic carbocycles. The number of unbranched alkanes of at least 4 members (excludes halogenated alkanes) is 12. The van der Waals surface area contributed by atoms with E-state index in [0.717, 1.165) is 25.7 Å². The van der Waals surface area contributed by atoms with Gasteiger partial charge in [0.05, 0.1) is 6.61 Å². The Morgan fingerprint density at radius 2 is 1.16 bits per heavy atom. The number of alkyl halides is 4. The van der Waals surface area contributed by atoms with Gasteiger partial charge in [-0.15, -0.1) is 0 Å². The van der Waals surface area contributed by atoms with Gasteiger partial charge in [-0.2, -0.15) is 26.0 Å². The smallest absolute Gasteiger partial charge is 0.431 e. The normalized spacial score (nSPS) is 13.4. The molecular weight excluding hydrogens is 612 g/mol. The molecule has 0 radical (unpaired) electrons. The number of hydrogen-bond donors (Lipinski definition) is 1. The van der Waals surface area contributed by atoms with Crippen molar-refractivity contribution < 1.29 is 59.1 Å². The van der Waals surface area contributed by atoms with Crippen molar-refractivity contribution in [2.75, 3.05) is 6.61 Å². The molecule has 0 aliphatic carbocycles. The molecule has 0 aliphatic rings. The fraction of sp³-hybridized carbons (Fsp3) is 0.900. The SMILES string of the molecule is CCCCCCCCCCCCCCC(=O)OC(C(=O)OCCCC(F)(F)C(F)(F)S(=O)(=O)O)C(C)(C)OC(=O)CCCC. The maximum Gasteiger partial charge on any atom is 0.431 e. The van der Waals surface area contributed by atoms with Crippen molar-refractivity contribution >= 4 is 28.0 Å². The Balaban J connectivity index is 4.95. The molecule has 0 fully saturated rings. The molecule has 0 spiro atoms. The Labute approximate surface area is 259 Å². The van der Waals surface area contributed by atoms with Gasteiger partial charge in [0.15, 0.2) is 5.60 Å². The molecule has 9 nitrogen and oxygen atoms in total. The van der Waals surface area contributed by atoms with Gasteiger partial charge in [-0.05, 0) is 33.1 Å². The van der Waals surface area contributed by atoms with Crippen molar-refractivity contribution in [3.8, 4) is 0 Å². The summed E-state index contributed by atoms with van der Waals surface area (Å²) in [5.41, 5.74) is -1.71. The highest BCUT2D eigenvalue weighted by atomic mass is 32.2. The minimum atomic E-state index is -6.40. The second-order valence-corrected chi connectivity index (χ2v) is 13.1. The second kappa shape index (κ2) is 21.0. The van der Waals surface area contributed by atoms with Crippen LogP contribution in [0.2, 0.25) is 0 Å². The van der Waals surface area contributed by atoms with Crippen molar-refractivity contribution in [3.63, 3.8) is 0 Å². The largest absolute Gasteiger partial charge is 0.463 e. The summed E-state index contributed by atoms with van der Waals surface area (Å²) < 4.78 is 99.5. The molecule has 14 heteroatoms. The van der Waals surface area contributed by atoms with Gasteiger partial charge in [0.1, 0.15) is 0 Å². The molecule has 1 atom stereocenters. The van der Waals surface area contributed by atoms with Crippen molar-refractivity contribution in [1.29, 1.82) is 0 Å². The summed E-state index contributed by atoms with van der Waals surface area (Å²) >= 11 is 0. The number of esters is 3. The number of hydrogen-bond acceptors (Lipinski definition) is 8. The van der Waals surface area contributed by atoms with E-state index in [4.69, 9.17) is 18.8 Å².